The van der Waals surface area contributed by atoms with E-state index in [9.17, 15) is 13.2 Å². The van der Waals surface area contributed by atoms with Gasteiger partial charge in [0.2, 0.25) is 10.0 Å². The van der Waals surface area contributed by atoms with E-state index in [1.54, 1.807) is 5.38 Å². The Bertz CT molecular complexity index is 957. The second-order valence-corrected chi connectivity index (χ2v) is 10.8. The topological polar surface area (TPSA) is 75.7 Å². The maximum atomic E-state index is 12.8. The number of ether oxygens (including phenoxy) is 1. The molecule has 0 spiro atoms. The first-order valence-corrected chi connectivity index (χ1v) is 13.0. The number of carbonyl (C=O) groups excluding carboxylic acids is 1. The van der Waals surface area contributed by atoms with Crippen LogP contribution in [0.2, 0.25) is 0 Å². The highest BCUT2D eigenvalue weighted by atomic mass is 32.2. The van der Waals surface area contributed by atoms with E-state index in [1.165, 1.54) is 29.6 Å². The van der Waals surface area contributed by atoms with Gasteiger partial charge in [-0.1, -0.05) is 18.6 Å². The molecule has 1 N–H and O–H groups in total. The van der Waals surface area contributed by atoms with Crippen LogP contribution in [0.5, 0.6) is 5.75 Å². The molecule has 1 aliphatic heterocycles. The number of hydrogen-bond donors (Lipinski definition) is 1. The first kappa shape index (κ1) is 21.3. The minimum atomic E-state index is -3.61. The van der Waals surface area contributed by atoms with E-state index in [0.717, 1.165) is 48.3 Å². The Morgan fingerprint density at radius 1 is 1.03 bits per heavy atom. The van der Waals surface area contributed by atoms with Gasteiger partial charge in [0.05, 0.1) is 6.10 Å². The van der Waals surface area contributed by atoms with Crippen LogP contribution in [0.4, 0.5) is 0 Å². The standard InChI is InChI=1S/C22H28N2O4S2/c25-22(21-20(12-15-29-21)30(26,27)24-13-4-5-14-24)23-16-17-8-10-19(11-9-17)28-18-6-2-1-3-7-18/h8-12,15,18H,1-7,13-14,16H2,(H,23,25). The van der Waals surface area contributed by atoms with E-state index in [2.05, 4.69) is 5.32 Å². The Morgan fingerprint density at radius 3 is 2.43 bits per heavy atom. The number of nitrogens with zero attached hydrogens (tertiary/aromatic N) is 1. The fourth-order valence-corrected chi connectivity index (χ4v) is 6.89. The first-order valence-electron chi connectivity index (χ1n) is 10.7. The molecule has 0 radical (unpaired) electrons. The van der Waals surface area contributed by atoms with Crippen LogP contribution in [0.3, 0.4) is 0 Å². The van der Waals surface area contributed by atoms with Crippen molar-refractivity contribution in [3.8, 4) is 5.75 Å². The second-order valence-electron chi connectivity index (χ2n) is 7.93. The van der Waals surface area contributed by atoms with Gasteiger partial charge in [0.15, 0.2) is 0 Å². The predicted octanol–water partition coefficient (Wildman–Crippen LogP) is 4.17. The molecule has 1 aliphatic carbocycles. The van der Waals surface area contributed by atoms with Gasteiger partial charge in [0, 0.05) is 19.6 Å². The summed E-state index contributed by atoms with van der Waals surface area (Å²) in [4.78, 5) is 13.0. The molecular formula is C22H28N2O4S2. The summed E-state index contributed by atoms with van der Waals surface area (Å²) in [5.41, 5.74) is 0.944. The molecule has 4 rings (SSSR count). The molecule has 2 heterocycles. The van der Waals surface area contributed by atoms with E-state index in [0.29, 0.717) is 25.7 Å². The van der Waals surface area contributed by atoms with Gasteiger partial charge in [-0.15, -0.1) is 11.3 Å². The van der Waals surface area contributed by atoms with Crippen LogP contribution < -0.4 is 10.1 Å². The van der Waals surface area contributed by atoms with Gasteiger partial charge in [0.1, 0.15) is 15.5 Å². The lowest BCUT2D eigenvalue weighted by Gasteiger charge is -2.23. The highest BCUT2D eigenvalue weighted by molar-refractivity contribution is 7.89. The number of carbonyl (C=O) groups is 1. The first-order chi connectivity index (χ1) is 14.5. The van der Waals surface area contributed by atoms with Crippen LogP contribution in [0.1, 0.15) is 60.2 Å². The smallest absolute Gasteiger partial charge is 0.263 e. The average Bonchev–Trinajstić information content (AvgIpc) is 3.46. The fourth-order valence-electron chi connectivity index (χ4n) is 4.06. The molecule has 6 nitrogen and oxygen atoms in total. The monoisotopic (exact) mass is 448 g/mol. The molecule has 8 heteroatoms. The molecule has 1 aromatic heterocycles. The highest BCUT2D eigenvalue weighted by Crippen LogP contribution is 2.28. The molecule has 0 bridgehead atoms. The van der Waals surface area contributed by atoms with Crippen LogP contribution in [-0.2, 0) is 16.6 Å². The molecule has 2 aliphatic rings. The Kier molecular flexibility index (Phi) is 6.75. The fraction of sp³-hybridized carbons (Fsp3) is 0.500. The van der Waals surface area contributed by atoms with E-state index < -0.39 is 10.0 Å². The predicted molar refractivity (Wildman–Crippen MR) is 117 cm³/mol. The number of rotatable bonds is 7. The van der Waals surface area contributed by atoms with Crippen LogP contribution >= 0.6 is 11.3 Å². The largest absolute Gasteiger partial charge is 0.490 e. The van der Waals surface area contributed by atoms with Crippen molar-refractivity contribution >= 4 is 27.3 Å². The van der Waals surface area contributed by atoms with Gasteiger partial charge in [-0.3, -0.25) is 4.79 Å². The van der Waals surface area contributed by atoms with Crippen LogP contribution in [0.25, 0.3) is 0 Å². The summed E-state index contributed by atoms with van der Waals surface area (Å²) in [7, 11) is -3.61. The summed E-state index contributed by atoms with van der Waals surface area (Å²) in [6.45, 7) is 1.38. The lowest BCUT2D eigenvalue weighted by atomic mass is 9.98. The summed E-state index contributed by atoms with van der Waals surface area (Å²) >= 11 is 1.16. The summed E-state index contributed by atoms with van der Waals surface area (Å²) in [5.74, 6) is 0.500. The molecule has 2 fully saturated rings. The molecule has 30 heavy (non-hydrogen) atoms. The van der Waals surface area contributed by atoms with Crippen molar-refractivity contribution in [3.05, 3.63) is 46.2 Å². The van der Waals surface area contributed by atoms with Crippen LogP contribution in [-0.4, -0.2) is 37.8 Å². The lowest BCUT2D eigenvalue weighted by molar-refractivity contribution is 0.0952. The number of sulfonamides is 1. The third-order valence-electron chi connectivity index (χ3n) is 5.75. The van der Waals surface area contributed by atoms with Gasteiger partial charge < -0.3 is 10.1 Å². The SMILES string of the molecule is O=C(NCc1ccc(OC2CCCCC2)cc1)c1sccc1S(=O)(=O)N1CCCC1. The summed E-state index contributed by atoms with van der Waals surface area (Å²) in [6, 6.07) is 9.28. The maximum absolute atomic E-state index is 12.8. The number of thiophene rings is 1. The molecule has 1 saturated carbocycles. The molecule has 1 saturated heterocycles. The van der Waals surface area contributed by atoms with Crippen molar-refractivity contribution in [2.75, 3.05) is 13.1 Å². The van der Waals surface area contributed by atoms with Crippen LogP contribution in [0.15, 0.2) is 40.6 Å². The quantitative estimate of drug-likeness (QED) is 0.690. The zero-order valence-corrected chi connectivity index (χ0v) is 18.6. The summed E-state index contributed by atoms with van der Waals surface area (Å²) in [6.07, 6.45) is 8.02. The van der Waals surface area contributed by atoms with Crippen molar-refractivity contribution in [1.82, 2.24) is 9.62 Å². The van der Waals surface area contributed by atoms with E-state index >= 15 is 0 Å². The van der Waals surface area contributed by atoms with Crippen molar-refractivity contribution in [2.24, 2.45) is 0 Å². The zero-order chi connectivity index (χ0) is 21.0. The number of nitrogens with one attached hydrogen (secondary N) is 1. The third kappa shape index (κ3) is 4.87. The number of hydrogen-bond acceptors (Lipinski definition) is 5. The second kappa shape index (κ2) is 9.49. The third-order valence-corrected chi connectivity index (χ3v) is 8.73. The summed E-state index contributed by atoms with van der Waals surface area (Å²) < 4.78 is 33.2. The minimum Gasteiger partial charge on any atom is -0.490 e. The molecular weight excluding hydrogens is 420 g/mol. The zero-order valence-electron chi connectivity index (χ0n) is 17.0. The Hall–Kier alpha value is -1.90. The van der Waals surface area contributed by atoms with Crippen molar-refractivity contribution < 1.29 is 17.9 Å². The van der Waals surface area contributed by atoms with Gasteiger partial charge in [-0.05, 0) is 67.7 Å². The molecule has 0 unspecified atom stereocenters. The van der Waals surface area contributed by atoms with Crippen molar-refractivity contribution in [1.29, 1.82) is 0 Å². The molecule has 1 amide bonds. The van der Waals surface area contributed by atoms with E-state index in [1.807, 2.05) is 24.3 Å². The minimum absolute atomic E-state index is 0.114. The lowest BCUT2D eigenvalue weighted by Crippen LogP contribution is -2.30. The van der Waals surface area contributed by atoms with Crippen molar-refractivity contribution in [3.63, 3.8) is 0 Å². The molecule has 2 aromatic rings. The van der Waals surface area contributed by atoms with E-state index in [-0.39, 0.29) is 15.7 Å². The number of amides is 1. The molecule has 0 atom stereocenters. The van der Waals surface area contributed by atoms with E-state index in [4.69, 9.17) is 4.74 Å². The van der Waals surface area contributed by atoms with Crippen molar-refractivity contribution in [2.45, 2.75) is 62.5 Å². The summed E-state index contributed by atoms with van der Waals surface area (Å²) in [5, 5.41) is 4.51. The highest BCUT2D eigenvalue weighted by Gasteiger charge is 2.31. The van der Waals surface area contributed by atoms with Gasteiger partial charge in [-0.25, -0.2) is 8.42 Å². The Labute approximate surface area is 182 Å². The van der Waals surface area contributed by atoms with Crippen LogP contribution in [0, 0.1) is 0 Å². The Balaban J connectivity index is 1.35. The van der Waals surface area contributed by atoms with Gasteiger partial charge in [0.25, 0.3) is 5.91 Å². The number of benzene rings is 1. The normalized spacial score (nSPS) is 18.4. The molecule has 1 aromatic carbocycles. The van der Waals surface area contributed by atoms with Gasteiger partial charge >= 0.3 is 0 Å². The van der Waals surface area contributed by atoms with Gasteiger partial charge in [-0.2, -0.15) is 4.31 Å². The maximum Gasteiger partial charge on any atom is 0.263 e. The average molecular weight is 449 g/mol. The Morgan fingerprint density at radius 2 is 1.73 bits per heavy atom. The molecule has 162 valence electrons.